The number of benzene rings is 1. The van der Waals surface area contributed by atoms with Crippen LogP contribution in [0.3, 0.4) is 0 Å². The Morgan fingerprint density at radius 2 is 1.89 bits per heavy atom. The van der Waals surface area contributed by atoms with Crippen molar-refractivity contribution in [3.8, 4) is 17.0 Å². The fraction of sp³-hybridized carbons (Fsp3) is 0.286. The lowest BCUT2D eigenvalue weighted by molar-refractivity contribution is 0.416. The van der Waals surface area contributed by atoms with E-state index in [0.717, 1.165) is 28.4 Å². The molecule has 0 amide bonds. The van der Waals surface area contributed by atoms with Crippen LogP contribution < -0.4 is 15.4 Å². The number of nitrogens with two attached hydrogens (primary N) is 1. The molecule has 1 aromatic carbocycles. The number of methoxy groups -OCH3 is 1. The smallest absolute Gasteiger partial charge is 0.222 e. The van der Waals surface area contributed by atoms with Crippen molar-refractivity contribution in [2.75, 3.05) is 31.8 Å². The van der Waals surface area contributed by atoms with Crippen molar-refractivity contribution in [3.05, 3.63) is 29.8 Å². The fourth-order valence-corrected chi connectivity index (χ4v) is 1.84. The molecule has 0 aliphatic heterocycles. The first-order valence-corrected chi connectivity index (χ1v) is 5.98. The number of hydrogen-bond donors (Lipinski definition) is 1. The Morgan fingerprint density at radius 1 is 1.16 bits per heavy atom. The van der Waals surface area contributed by atoms with Crippen molar-refractivity contribution in [2.24, 2.45) is 0 Å². The average molecular weight is 258 g/mol. The minimum absolute atomic E-state index is 0.254. The van der Waals surface area contributed by atoms with Gasteiger partial charge in [0.25, 0.3) is 0 Å². The van der Waals surface area contributed by atoms with Crippen LogP contribution in [0.5, 0.6) is 5.75 Å². The van der Waals surface area contributed by atoms with Crippen LogP contribution >= 0.6 is 0 Å². The fourth-order valence-electron chi connectivity index (χ4n) is 1.84. The number of rotatable bonds is 3. The number of nitrogens with zero attached hydrogens (tertiary/aromatic N) is 3. The highest BCUT2D eigenvalue weighted by Crippen LogP contribution is 2.31. The molecule has 0 atom stereocenters. The monoisotopic (exact) mass is 258 g/mol. The van der Waals surface area contributed by atoms with Gasteiger partial charge in [0.2, 0.25) is 5.95 Å². The van der Waals surface area contributed by atoms with Crippen molar-refractivity contribution in [1.82, 2.24) is 9.97 Å². The highest BCUT2D eigenvalue weighted by atomic mass is 16.5. The number of hydrogen-bond acceptors (Lipinski definition) is 5. The molecule has 0 unspecified atom stereocenters. The van der Waals surface area contributed by atoms with E-state index in [2.05, 4.69) is 9.97 Å². The Balaban J connectivity index is 2.61. The number of anilines is 2. The van der Waals surface area contributed by atoms with Crippen molar-refractivity contribution in [1.29, 1.82) is 0 Å². The Hall–Kier alpha value is -2.30. The van der Waals surface area contributed by atoms with Crippen LogP contribution in [0, 0.1) is 6.92 Å². The van der Waals surface area contributed by atoms with Gasteiger partial charge >= 0.3 is 0 Å². The summed E-state index contributed by atoms with van der Waals surface area (Å²) in [7, 11) is 5.48. The summed E-state index contributed by atoms with van der Waals surface area (Å²) in [6.07, 6.45) is 0. The number of aromatic nitrogens is 2. The third kappa shape index (κ3) is 2.76. The molecule has 100 valence electrons. The molecule has 0 saturated heterocycles. The maximum absolute atomic E-state index is 5.77. The Morgan fingerprint density at radius 3 is 2.53 bits per heavy atom. The summed E-state index contributed by atoms with van der Waals surface area (Å²) in [6, 6.07) is 7.85. The van der Waals surface area contributed by atoms with Crippen LogP contribution in [-0.2, 0) is 0 Å². The van der Waals surface area contributed by atoms with E-state index in [-0.39, 0.29) is 5.95 Å². The molecule has 0 radical (unpaired) electrons. The molecule has 5 heteroatoms. The summed E-state index contributed by atoms with van der Waals surface area (Å²) in [5.41, 5.74) is 8.59. The summed E-state index contributed by atoms with van der Waals surface area (Å²) in [4.78, 5) is 10.4. The molecule has 2 rings (SSSR count). The Labute approximate surface area is 113 Å². The molecule has 2 aromatic rings. The van der Waals surface area contributed by atoms with Gasteiger partial charge in [0, 0.05) is 25.7 Å². The minimum Gasteiger partial charge on any atom is -0.496 e. The van der Waals surface area contributed by atoms with Crippen molar-refractivity contribution in [3.63, 3.8) is 0 Å². The zero-order valence-corrected chi connectivity index (χ0v) is 11.6. The van der Waals surface area contributed by atoms with Gasteiger partial charge in [0.05, 0.1) is 12.8 Å². The van der Waals surface area contributed by atoms with E-state index in [9.17, 15) is 0 Å². The molecule has 0 spiro atoms. The van der Waals surface area contributed by atoms with E-state index in [1.54, 1.807) is 7.11 Å². The predicted octanol–water partition coefficient (Wildman–Crippen LogP) is 2.11. The summed E-state index contributed by atoms with van der Waals surface area (Å²) < 4.78 is 5.38. The van der Waals surface area contributed by atoms with Gasteiger partial charge in [-0.1, -0.05) is 11.6 Å². The average Bonchev–Trinajstić information content (AvgIpc) is 2.37. The second kappa shape index (κ2) is 5.14. The normalized spacial score (nSPS) is 10.3. The molecule has 19 heavy (non-hydrogen) atoms. The summed E-state index contributed by atoms with van der Waals surface area (Å²) in [5, 5.41) is 0. The first kappa shape index (κ1) is 13.1. The molecule has 0 aliphatic carbocycles. The van der Waals surface area contributed by atoms with Crippen LogP contribution in [0.1, 0.15) is 5.56 Å². The molecule has 0 saturated carbocycles. The highest BCUT2D eigenvalue weighted by Gasteiger charge is 2.11. The molecule has 2 N–H and O–H groups in total. The first-order valence-electron chi connectivity index (χ1n) is 5.98. The van der Waals surface area contributed by atoms with Crippen LogP contribution in [0.2, 0.25) is 0 Å². The molecular formula is C14H18N4O. The second-order valence-electron chi connectivity index (χ2n) is 4.57. The van der Waals surface area contributed by atoms with Gasteiger partial charge in [0.15, 0.2) is 0 Å². The van der Waals surface area contributed by atoms with E-state index in [1.165, 1.54) is 0 Å². The van der Waals surface area contributed by atoms with Gasteiger partial charge in [-0.2, -0.15) is 4.98 Å². The zero-order chi connectivity index (χ0) is 14.0. The van der Waals surface area contributed by atoms with Crippen LogP contribution in [0.25, 0.3) is 11.3 Å². The Kier molecular flexibility index (Phi) is 3.55. The van der Waals surface area contributed by atoms with Crippen molar-refractivity contribution in [2.45, 2.75) is 6.92 Å². The second-order valence-corrected chi connectivity index (χ2v) is 4.57. The maximum atomic E-state index is 5.77. The standard InChI is InChI=1S/C14H18N4O/c1-9-5-6-12(19-4)10(7-9)11-8-13(18(2)3)17-14(15)16-11/h5-8H,1-4H3,(H2,15,16,17). The quantitative estimate of drug-likeness (QED) is 0.913. The zero-order valence-electron chi connectivity index (χ0n) is 11.6. The third-order valence-electron chi connectivity index (χ3n) is 2.82. The summed E-state index contributed by atoms with van der Waals surface area (Å²) >= 11 is 0. The molecule has 1 heterocycles. The van der Waals surface area contributed by atoms with Crippen molar-refractivity contribution < 1.29 is 4.74 Å². The minimum atomic E-state index is 0.254. The topological polar surface area (TPSA) is 64.3 Å². The van der Waals surface area contributed by atoms with Crippen LogP contribution in [-0.4, -0.2) is 31.2 Å². The summed E-state index contributed by atoms with van der Waals surface area (Å²) in [5.74, 6) is 1.80. The largest absolute Gasteiger partial charge is 0.496 e. The van der Waals surface area contributed by atoms with Crippen LogP contribution in [0.4, 0.5) is 11.8 Å². The lowest BCUT2D eigenvalue weighted by Crippen LogP contribution is -2.12. The highest BCUT2D eigenvalue weighted by molar-refractivity contribution is 5.71. The third-order valence-corrected chi connectivity index (χ3v) is 2.82. The number of ether oxygens (including phenoxy) is 1. The predicted molar refractivity (Wildman–Crippen MR) is 77.5 cm³/mol. The van der Waals surface area contributed by atoms with Gasteiger partial charge in [-0.15, -0.1) is 0 Å². The first-order chi connectivity index (χ1) is 9.01. The molecular weight excluding hydrogens is 240 g/mol. The molecule has 0 fully saturated rings. The lowest BCUT2D eigenvalue weighted by atomic mass is 10.1. The number of aryl methyl sites for hydroxylation is 1. The molecule has 1 aromatic heterocycles. The van der Waals surface area contributed by atoms with Gasteiger partial charge in [0.1, 0.15) is 11.6 Å². The van der Waals surface area contributed by atoms with Gasteiger partial charge in [-0.25, -0.2) is 4.98 Å². The van der Waals surface area contributed by atoms with E-state index < -0.39 is 0 Å². The van der Waals surface area contributed by atoms with E-state index in [4.69, 9.17) is 10.5 Å². The van der Waals surface area contributed by atoms with Gasteiger partial charge in [-0.3, -0.25) is 0 Å². The molecule has 0 bridgehead atoms. The summed E-state index contributed by atoms with van der Waals surface area (Å²) in [6.45, 7) is 2.03. The SMILES string of the molecule is COc1ccc(C)cc1-c1cc(N(C)C)nc(N)n1. The van der Waals surface area contributed by atoms with E-state index in [1.807, 2.05) is 50.2 Å². The van der Waals surface area contributed by atoms with E-state index in [0.29, 0.717) is 0 Å². The molecule has 0 aliphatic rings. The van der Waals surface area contributed by atoms with E-state index >= 15 is 0 Å². The van der Waals surface area contributed by atoms with Gasteiger partial charge in [-0.05, 0) is 19.1 Å². The number of nitrogen functional groups attached to an aromatic ring is 1. The lowest BCUT2D eigenvalue weighted by Gasteiger charge is -2.14. The Bertz CT molecular complexity index is 596. The van der Waals surface area contributed by atoms with Gasteiger partial charge < -0.3 is 15.4 Å². The van der Waals surface area contributed by atoms with Crippen molar-refractivity contribution >= 4 is 11.8 Å². The molecule has 5 nitrogen and oxygen atoms in total. The maximum Gasteiger partial charge on any atom is 0.222 e. The van der Waals surface area contributed by atoms with Crippen LogP contribution in [0.15, 0.2) is 24.3 Å².